The smallest absolute Gasteiger partial charge is 0.205 e. The third kappa shape index (κ3) is 3.03. The zero-order valence-electron chi connectivity index (χ0n) is 16.5. The third-order valence-electron chi connectivity index (χ3n) is 5.95. The van der Waals surface area contributed by atoms with Gasteiger partial charge >= 0.3 is 0 Å². The fraction of sp³-hybridized carbons (Fsp3) is 0.160. The van der Waals surface area contributed by atoms with Crippen LogP contribution in [0.4, 0.5) is 0 Å². The molecule has 2 aliphatic rings. The highest BCUT2D eigenvalue weighted by molar-refractivity contribution is 6.00. The fourth-order valence-corrected chi connectivity index (χ4v) is 4.47. The Morgan fingerprint density at radius 3 is 2.52 bits per heavy atom. The van der Waals surface area contributed by atoms with Gasteiger partial charge in [0.05, 0.1) is 17.6 Å². The number of para-hydroxylation sites is 1. The lowest BCUT2D eigenvalue weighted by molar-refractivity contribution is -0.117. The number of carbonyl (C=O) groups is 1. The highest BCUT2D eigenvalue weighted by atomic mass is 16.5. The predicted molar refractivity (Wildman–Crippen MR) is 114 cm³/mol. The van der Waals surface area contributed by atoms with Crippen molar-refractivity contribution in [1.29, 1.82) is 5.26 Å². The number of benzene rings is 2. The van der Waals surface area contributed by atoms with Gasteiger partial charge in [-0.1, -0.05) is 42.5 Å². The minimum Gasteiger partial charge on any atom is -0.464 e. The van der Waals surface area contributed by atoms with Gasteiger partial charge in [-0.25, -0.2) is 0 Å². The Bertz CT molecular complexity index is 1380. The van der Waals surface area contributed by atoms with E-state index in [0.717, 1.165) is 5.56 Å². The van der Waals surface area contributed by atoms with Gasteiger partial charge in [-0.2, -0.15) is 5.26 Å². The molecular weight excluding hydrogens is 392 g/mol. The predicted octanol–water partition coefficient (Wildman–Crippen LogP) is 4.00. The quantitative estimate of drug-likeness (QED) is 0.684. The number of nitrogens with two attached hydrogens (primary N) is 1. The summed E-state index contributed by atoms with van der Waals surface area (Å²) in [5, 5.41) is 10.2. The standard InChI is InChI=1S/C25H18N2O4/c26-12-17-22(18-13-30-20-9-5-4-8-16(20)24(18)29)23-19(28)10-15(11-21(23)31-25(17)27)14-6-2-1-3-7-14/h1-9,13,15,22H,10-11,27H2. The normalized spacial score (nSPS) is 20.9. The molecule has 6 nitrogen and oxygen atoms in total. The lowest BCUT2D eigenvalue weighted by Crippen LogP contribution is -2.31. The first-order valence-electron chi connectivity index (χ1n) is 9.97. The second-order valence-electron chi connectivity index (χ2n) is 7.72. The molecule has 2 aromatic carbocycles. The summed E-state index contributed by atoms with van der Waals surface area (Å²) >= 11 is 0. The van der Waals surface area contributed by atoms with Gasteiger partial charge in [0.25, 0.3) is 0 Å². The number of nitrogens with zero attached hydrogens (tertiary/aromatic N) is 1. The van der Waals surface area contributed by atoms with Crippen molar-refractivity contribution in [2.75, 3.05) is 0 Å². The minimum absolute atomic E-state index is 0.0489. The lowest BCUT2D eigenvalue weighted by atomic mass is 9.74. The number of nitriles is 1. The molecule has 1 aliphatic heterocycles. The molecule has 5 rings (SSSR count). The SMILES string of the molecule is N#CC1=C(N)OC2=C(C(=O)CC(c3ccccc3)C2)C1c1coc2ccccc2c1=O. The molecule has 6 heteroatoms. The molecule has 2 atom stereocenters. The molecule has 0 spiro atoms. The summed E-state index contributed by atoms with van der Waals surface area (Å²) in [6.07, 6.45) is 2.05. The first-order chi connectivity index (χ1) is 15.1. The lowest BCUT2D eigenvalue weighted by Gasteiger charge is -2.33. The first kappa shape index (κ1) is 18.9. The zero-order chi connectivity index (χ0) is 21.5. The van der Waals surface area contributed by atoms with Crippen LogP contribution in [-0.4, -0.2) is 5.78 Å². The Morgan fingerprint density at radius 2 is 1.74 bits per heavy atom. The van der Waals surface area contributed by atoms with E-state index in [1.165, 1.54) is 6.26 Å². The van der Waals surface area contributed by atoms with Crippen LogP contribution in [0.25, 0.3) is 11.0 Å². The summed E-state index contributed by atoms with van der Waals surface area (Å²) in [7, 11) is 0. The maximum Gasteiger partial charge on any atom is 0.205 e. The van der Waals surface area contributed by atoms with Gasteiger partial charge in [-0.15, -0.1) is 0 Å². The van der Waals surface area contributed by atoms with Crippen molar-refractivity contribution >= 4 is 16.8 Å². The van der Waals surface area contributed by atoms with Gasteiger partial charge < -0.3 is 14.9 Å². The second-order valence-corrected chi connectivity index (χ2v) is 7.72. The number of ketones is 1. The van der Waals surface area contributed by atoms with Gasteiger partial charge in [0, 0.05) is 24.0 Å². The van der Waals surface area contributed by atoms with E-state index in [1.54, 1.807) is 24.3 Å². The number of fused-ring (bicyclic) bond motifs is 1. The fourth-order valence-electron chi connectivity index (χ4n) is 4.47. The number of allylic oxidation sites excluding steroid dienone is 3. The molecule has 31 heavy (non-hydrogen) atoms. The summed E-state index contributed by atoms with van der Waals surface area (Å²) < 4.78 is 11.4. The second kappa shape index (κ2) is 7.29. The number of ether oxygens (including phenoxy) is 1. The Balaban J connectivity index is 1.67. The van der Waals surface area contributed by atoms with Gasteiger partial charge in [-0.3, -0.25) is 9.59 Å². The number of Topliss-reactive ketones (excluding diaryl/α,β-unsaturated/α-hetero) is 1. The van der Waals surface area contributed by atoms with E-state index in [-0.39, 0.29) is 40.6 Å². The maximum atomic E-state index is 13.3. The van der Waals surface area contributed by atoms with Crippen molar-refractivity contribution in [1.82, 2.24) is 0 Å². The summed E-state index contributed by atoms with van der Waals surface area (Å²) in [4.78, 5) is 26.6. The van der Waals surface area contributed by atoms with E-state index < -0.39 is 5.92 Å². The molecule has 152 valence electrons. The molecule has 0 fully saturated rings. The summed E-state index contributed by atoms with van der Waals surface area (Å²) in [6, 6.07) is 18.6. The molecule has 2 N–H and O–H groups in total. The van der Waals surface area contributed by atoms with E-state index in [2.05, 4.69) is 0 Å². The Hall–Kier alpha value is -4.11. The average Bonchev–Trinajstić information content (AvgIpc) is 2.79. The van der Waals surface area contributed by atoms with Gasteiger partial charge in [-0.05, 0) is 23.6 Å². The third-order valence-corrected chi connectivity index (χ3v) is 5.95. The van der Waals surface area contributed by atoms with E-state index in [4.69, 9.17) is 14.9 Å². The molecule has 0 bridgehead atoms. The van der Waals surface area contributed by atoms with E-state index in [0.29, 0.717) is 28.7 Å². The molecule has 1 aromatic heterocycles. The van der Waals surface area contributed by atoms with Crippen molar-refractivity contribution in [2.45, 2.75) is 24.7 Å². The molecule has 0 saturated carbocycles. The van der Waals surface area contributed by atoms with Crippen LogP contribution in [0.3, 0.4) is 0 Å². The number of hydrogen-bond acceptors (Lipinski definition) is 6. The number of rotatable bonds is 2. The van der Waals surface area contributed by atoms with Gasteiger partial charge in [0.1, 0.15) is 23.0 Å². The largest absolute Gasteiger partial charge is 0.464 e. The summed E-state index contributed by atoms with van der Waals surface area (Å²) in [5.41, 5.74) is 7.82. The summed E-state index contributed by atoms with van der Waals surface area (Å²) in [6.45, 7) is 0. The summed E-state index contributed by atoms with van der Waals surface area (Å²) in [5.74, 6) is -0.788. The molecule has 3 aromatic rings. The van der Waals surface area contributed by atoms with Gasteiger partial charge in [0.15, 0.2) is 11.2 Å². The van der Waals surface area contributed by atoms with Crippen LogP contribution in [0.2, 0.25) is 0 Å². The molecule has 0 radical (unpaired) electrons. The monoisotopic (exact) mass is 410 g/mol. The first-order valence-corrected chi connectivity index (χ1v) is 9.97. The van der Waals surface area contributed by atoms with Crippen LogP contribution in [0.1, 0.15) is 35.8 Å². The number of carbonyl (C=O) groups excluding carboxylic acids is 1. The van der Waals surface area contributed by atoms with E-state index in [9.17, 15) is 14.9 Å². The van der Waals surface area contributed by atoms with Crippen LogP contribution in [0, 0.1) is 11.3 Å². The van der Waals surface area contributed by atoms with Crippen molar-refractivity contribution in [3.8, 4) is 6.07 Å². The van der Waals surface area contributed by atoms with Crippen LogP contribution < -0.4 is 11.2 Å². The van der Waals surface area contributed by atoms with Crippen molar-refractivity contribution in [3.63, 3.8) is 0 Å². The molecule has 0 amide bonds. The zero-order valence-corrected chi connectivity index (χ0v) is 16.5. The molecule has 1 aliphatic carbocycles. The Labute approximate surface area is 177 Å². The van der Waals surface area contributed by atoms with E-state index in [1.807, 2.05) is 36.4 Å². The molecular formula is C25H18N2O4. The molecule has 2 unspecified atom stereocenters. The van der Waals surface area contributed by atoms with Crippen LogP contribution in [0.15, 0.2) is 92.9 Å². The highest BCUT2D eigenvalue weighted by Gasteiger charge is 2.42. The van der Waals surface area contributed by atoms with Crippen molar-refractivity contribution < 1.29 is 13.9 Å². The topological polar surface area (TPSA) is 106 Å². The highest BCUT2D eigenvalue weighted by Crippen LogP contribution is 2.46. The molecule has 2 heterocycles. The van der Waals surface area contributed by atoms with Crippen molar-refractivity contribution in [3.05, 3.63) is 105 Å². The maximum absolute atomic E-state index is 13.3. The van der Waals surface area contributed by atoms with Crippen molar-refractivity contribution in [2.24, 2.45) is 5.73 Å². The minimum atomic E-state index is -0.904. The Kier molecular flexibility index (Phi) is 4.45. The molecule has 0 saturated heterocycles. The Morgan fingerprint density at radius 1 is 1.00 bits per heavy atom. The van der Waals surface area contributed by atoms with E-state index >= 15 is 0 Å². The van der Waals surface area contributed by atoms with Gasteiger partial charge in [0.2, 0.25) is 5.88 Å². The van der Waals surface area contributed by atoms with Crippen LogP contribution in [-0.2, 0) is 9.53 Å². The van der Waals surface area contributed by atoms with Crippen LogP contribution in [0.5, 0.6) is 0 Å². The number of hydrogen-bond donors (Lipinski definition) is 1. The van der Waals surface area contributed by atoms with Crippen LogP contribution >= 0.6 is 0 Å². The average molecular weight is 410 g/mol.